The lowest BCUT2D eigenvalue weighted by atomic mass is 10.1. The van der Waals surface area contributed by atoms with Gasteiger partial charge in [-0.15, -0.1) is 5.10 Å². The first-order chi connectivity index (χ1) is 8.78. The standard InChI is InChI=1S/C13H17N3OS/c1-10(15-13-9-14-16-18-13)3-4-11-5-7-12(17-2)8-6-11/h5-10,15H,3-4H2,1-2H3. The second-order valence-electron chi connectivity index (χ2n) is 4.21. The summed E-state index contributed by atoms with van der Waals surface area (Å²) in [5.41, 5.74) is 1.33. The highest BCUT2D eigenvalue weighted by Gasteiger charge is 2.04. The third-order valence-electron chi connectivity index (χ3n) is 2.78. The molecule has 96 valence electrons. The van der Waals surface area contributed by atoms with Crippen LogP contribution in [0.5, 0.6) is 5.75 Å². The Balaban J connectivity index is 1.79. The zero-order valence-corrected chi connectivity index (χ0v) is 11.4. The number of rotatable bonds is 6. The summed E-state index contributed by atoms with van der Waals surface area (Å²) >= 11 is 1.39. The zero-order valence-electron chi connectivity index (χ0n) is 10.6. The first kappa shape index (κ1) is 12.8. The number of nitrogens with zero attached hydrogens (tertiary/aromatic N) is 2. The van der Waals surface area contributed by atoms with E-state index in [1.54, 1.807) is 13.3 Å². The van der Waals surface area contributed by atoms with Crippen LogP contribution in [0.4, 0.5) is 5.00 Å². The summed E-state index contributed by atoms with van der Waals surface area (Å²) in [6, 6.07) is 8.63. The molecule has 0 saturated heterocycles. The molecule has 0 aliphatic heterocycles. The van der Waals surface area contributed by atoms with Crippen molar-refractivity contribution in [3.8, 4) is 5.75 Å². The Bertz CT molecular complexity index is 456. The fraction of sp³-hybridized carbons (Fsp3) is 0.385. The van der Waals surface area contributed by atoms with Crippen molar-refractivity contribution in [3.63, 3.8) is 0 Å². The van der Waals surface area contributed by atoms with E-state index in [4.69, 9.17) is 4.74 Å². The summed E-state index contributed by atoms with van der Waals surface area (Å²) in [5.74, 6) is 0.903. The van der Waals surface area contributed by atoms with Gasteiger partial charge in [0.2, 0.25) is 0 Å². The molecule has 1 aromatic heterocycles. The number of anilines is 1. The Kier molecular flexibility index (Phi) is 4.52. The fourth-order valence-electron chi connectivity index (χ4n) is 1.72. The predicted molar refractivity (Wildman–Crippen MR) is 74.3 cm³/mol. The van der Waals surface area contributed by atoms with E-state index in [2.05, 4.69) is 34.0 Å². The minimum atomic E-state index is 0.411. The summed E-state index contributed by atoms with van der Waals surface area (Å²) in [4.78, 5) is 0. The third-order valence-corrected chi connectivity index (χ3v) is 3.37. The first-order valence-electron chi connectivity index (χ1n) is 5.95. The Hall–Kier alpha value is -1.62. The molecule has 0 spiro atoms. The van der Waals surface area contributed by atoms with Gasteiger partial charge in [0.25, 0.3) is 0 Å². The molecule has 1 aromatic carbocycles. The maximum atomic E-state index is 5.14. The number of hydrogen-bond acceptors (Lipinski definition) is 5. The van der Waals surface area contributed by atoms with Crippen LogP contribution >= 0.6 is 11.5 Å². The minimum absolute atomic E-state index is 0.411. The molecule has 5 heteroatoms. The summed E-state index contributed by atoms with van der Waals surface area (Å²) in [6.07, 6.45) is 3.88. The normalized spacial score (nSPS) is 12.1. The lowest BCUT2D eigenvalue weighted by molar-refractivity contribution is 0.414. The molecule has 2 aromatic rings. The molecule has 0 bridgehead atoms. The second kappa shape index (κ2) is 6.35. The van der Waals surface area contributed by atoms with Crippen LogP contribution in [0.2, 0.25) is 0 Å². The van der Waals surface area contributed by atoms with Crippen LogP contribution in [0.25, 0.3) is 0 Å². The van der Waals surface area contributed by atoms with Crippen LogP contribution < -0.4 is 10.1 Å². The van der Waals surface area contributed by atoms with Crippen molar-refractivity contribution in [1.29, 1.82) is 0 Å². The van der Waals surface area contributed by atoms with Gasteiger partial charge in [-0.25, -0.2) is 0 Å². The van der Waals surface area contributed by atoms with Gasteiger partial charge in [0, 0.05) is 17.6 Å². The second-order valence-corrected chi connectivity index (χ2v) is 5.00. The molecule has 1 atom stereocenters. The van der Waals surface area contributed by atoms with E-state index in [1.807, 2.05) is 12.1 Å². The molecule has 1 N–H and O–H groups in total. The molecule has 0 amide bonds. The van der Waals surface area contributed by atoms with Crippen LogP contribution in [0.3, 0.4) is 0 Å². The highest BCUT2D eigenvalue weighted by Crippen LogP contribution is 2.16. The topological polar surface area (TPSA) is 47.0 Å². The molecule has 0 aliphatic rings. The van der Waals surface area contributed by atoms with Crippen molar-refractivity contribution in [2.75, 3.05) is 12.4 Å². The van der Waals surface area contributed by atoms with Gasteiger partial charge in [0.1, 0.15) is 10.8 Å². The van der Waals surface area contributed by atoms with Gasteiger partial charge >= 0.3 is 0 Å². The zero-order chi connectivity index (χ0) is 12.8. The number of aryl methyl sites for hydroxylation is 1. The van der Waals surface area contributed by atoms with Crippen LogP contribution in [0.15, 0.2) is 30.5 Å². The van der Waals surface area contributed by atoms with E-state index < -0.39 is 0 Å². The Labute approximate surface area is 111 Å². The maximum absolute atomic E-state index is 5.14. The van der Waals surface area contributed by atoms with Crippen LogP contribution in [0, 0.1) is 0 Å². The van der Waals surface area contributed by atoms with Crippen molar-refractivity contribution in [3.05, 3.63) is 36.0 Å². The Morgan fingerprint density at radius 2 is 2.11 bits per heavy atom. The van der Waals surface area contributed by atoms with Gasteiger partial charge in [0.05, 0.1) is 13.3 Å². The number of hydrogen-bond donors (Lipinski definition) is 1. The summed E-state index contributed by atoms with van der Waals surface area (Å²) in [7, 11) is 1.68. The van der Waals surface area contributed by atoms with Crippen LogP contribution in [-0.4, -0.2) is 22.7 Å². The molecule has 0 fully saturated rings. The van der Waals surface area contributed by atoms with Crippen molar-refractivity contribution in [2.45, 2.75) is 25.8 Å². The van der Waals surface area contributed by atoms with Gasteiger partial charge in [0.15, 0.2) is 0 Å². The van der Waals surface area contributed by atoms with Gasteiger partial charge in [-0.2, -0.15) is 0 Å². The highest BCUT2D eigenvalue weighted by molar-refractivity contribution is 7.09. The number of ether oxygens (including phenoxy) is 1. The van der Waals surface area contributed by atoms with Crippen molar-refractivity contribution >= 4 is 16.5 Å². The Morgan fingerprint density at radius 3 is 2.72 bits per heavy atom. The van der Waals surface area contributed by atoms with E-state index in [9.17, 15) is 0 Å². The number of benzene rings is 1. The minimum Gasteiger partial charge on any atom is -0.497 e. The molecule has 1 heterocycles. The van der Waals surface area contributed by atoms with Crippen molar-refractivity contribution < 1.29 is 4.74 Å². The van der Waals surface area contributed by atoms with Crippen molar-refractivity contribution in [2.24, 2.45) is 0 Å². The first-order valence-corrected chi connectivity index (χ1v) is 6.72. The van der Waals surface area contributed by atoms with Gasteiger partial charge in [-0.1, -0.05) is 16.6 Å². The average molecular weight is 263 g/mol. The predicted octanol–water partition coefficient (Wildman–Crippen LogP) is 2.98. The van der Waals surface area contributed by atoms with Gasteiger partial charge < -0.3 is 10.1 Å². The molecule has 18 heavy (non-hydrogen) atoms. The highest BCUT2D eigenvalue weighted by atomic mass is 32.1. The summed E-state index contributed by atoms with van der Waals surface area (Å²) < 4.78 is 8.97. The van der Waals surface area contributed by atoms with E-state index in [1.165, 1.54) is 17.1 Å². The quantitative estimate of drug-likeness (QED) is 0.870. The van der Waals surface area contributed by atoms with Crippen molar-refractivity contribution in [1.82, 2.24) is 9.59 Å². The number of nitrogens with one attached hydrogen (secondary N) is 1. The lowest BCUT2D eigenvalue weighted by Crippen LogP contribution is -2.15. The molecule has 2 rings (SSSR count). The molecule has 1 unspecified atom stereocenters. The lowest BCUT2D eigenvalue weighted by Gasteiger charge is -2.12. The third kappa shape index (κ3) is 3.70. The molecule has 4 nitrogen and oxygen atoms in total. The monoisotopic (exact) mass is 263 g/mol. The van der Waals surface area contributed by atoms with E-state index >= 15 is 0 Å². The van der Waals surface area contributed by atoms with E-state index in [0.29, 0.717) is 6.04 Å². The molecule has 0 aliphatic carbocycles. The van der Waals surface area contributed by atoms with Gasteiger partial charge in [-0.3, -0.25) is 0 Å². The average Bonchev–Trinajstić information content (AvgIpc) is 2.90. The SMILES string of the molecule is COc1ccc(CCC(C)Nc2cnns2)cc1. The van der Waals surface area contributed by atoms with Gasteiger partial charge in [-0.05, 0) is 37.5 Å². The largest absolute Gasteiger partial charge is 0.497 e. The van der Waals surface area contributed by atoms with Crippen LogP contribution in [0.1, 0.15) is 18.9 Å². The Morgan fingerprint density at radius 1 is 1.33 bits per heavy atom. The molecular formula is C13H17N3OS. The summed E-state index contributed by atoms with van der Waals surface area (Å²) in [6.45, 7) is 2.17. The van der Waals surface area contributed by atoms with E-state index in [-0.39, 0.29) is 0 Å². The number of aromatic nitrogens is 2. The molecular weight excluding hydrogens is 246 g/mol. The number of methoxy groups -OCH3 is 1. The van der Waals surface area contributed by atoms with Crippen LogP contribution in [-0.2, 0) is 6.42 Å². The molecule has 0 saturated carbocycles. The molecule has 0 radical (unpaired) electrons. The fourth-order valence-corrected chi connectivity index (χ4v) is 2.25. The summed E-state index contributed by atoms with van der Waals surface area (Å²) in [5, 5.41) is 8.21. The van der Waals surface area contributed by atoms with E-state index in [0.717, 1.165) is 23.6 Å². The maximum Gasteiger partial charge on any atom is 0.130 e. The smallest absolute Gasteiger partial charge is 0.130 e.